The molecule has 3 N–H and O–H groups in total. The smallest absolute Gasteiger partial charge is 0.253 e. The normalized spacial score (nSPS) is 17.3. The van der Waals surface area contributed by atoms with E-state index < -0.39 is 6.10 Å². The minimum atomic E-state index is -0.433. The summed E-state index contributed by atoms with van der Waals surface area (Å²) in [6.45, 7) is 6.57. The van der Waals surface area contributed by atoms with Crippen LogP contribution in [0, 0.1) is 0 Å². The Labute approximate surface area is 206 Å². The molecule has 2 aliphatic heterocycles. The van der Waals surface area contributed by atoms with Gasteiger partial charge in [0.25, 0.3) is 5.91 Å². The van der Waals surface area contributed by atoms with Crippen LogP contribution in [-0.4, -0.2) is 64.8 Å². The van der Waals surface area contributed by atoms with E-state index in [0.717, 1.165) is 48.3 Å². The van der Waals surface area contributed by atoms with Gasteiger partial charge in [0, 0.05) is 49.3 Å². The molecule has 0 unspecified atom stereocenters. The molecule has 2 aromatic carbocycles. The summed E-state index contributed by atoms with van der Waals surface area (Å²) in [6, 6.07) is 13.4. The van der Waals surface area contributed by atoms with E-state index in [2.05, 4.69) is 18.8 Å². The second-order valence-corrected chi connectivity index (χ2v) is 9.29. The molecule has 2 heterocycles. The van der Waals surface area contributed by atoms with Crippen molar-refractivity contribution in [2.24, 2.45) is 10.7 Å². The number of amides is 2. The van der Waals surface area contributed by atoms with Crippen molar-refractivity contribution < 1.29 is 14.7 Å². The van der Waals surface area contributed by atoms with E-state index in [1.165, 1.54) is 0 Å². The van der Waals surface area contributed by atoms with Gasteiger partial charge in [-0.1, -0.05) is 38.1 Å². The largest absolute Gasteiger partial charge is 0.391 e. The fraction of sp³-hybridized carbons (Fsp3) is 0.393. The minimum Gasteiger partial charge on any atom is -0.391 e. The predicted octanol–water partition coefficient (Wildman–Crippen LogP) is 3.98. The fourth-order valence-electron chi connectivity index (χ4n) is 4.68. The molecule has 0 aromatic heterocycles. The van der Waals surface area contributed by atoms with Crippen molar-refractivity contribution in [2.45, 2.75) is 45.6 Å². The maximum Gasteiger partial charge on any atom is 0.253 e. The molecule has 0 saturated carbocycles. The van der Waals surface area contributed by atoms with Gasteiger partial charge in [-0.2, -0.15) is 0 Å². The van der Waals surface area contributed by atoms with Crippen molar-refractivity contribution in [3.63, 3.8) is 0 Å². The van der Waals surface area contributed by atoms with Crippen molar-refractivity contribution in [3.8, 4) is 11.1 Å². The van der Waals surface area contributed by atoms with Crippen molar-refractivity contribution in [3.05, 3.63) is 59.2 Å². The summed E-state index contributed by atoms with van der Waals surface area (Å²) in [4.78, 5) is 34.0. The first-order chi connectivity index (χ1) is 16.9. The van der Waals surface area contributed by atoms with E-state index >= 15 is 0 Å². The van der Waals surface area contributed by atoms with Crippen molar-refractivity contribution in [1.29, 1.82) is 0 Å². The topological polar surface area (TPSA) is 99.2 Å². The van der Waals surface area contributed by atoms with Crippen LogP contribution in [0.5, 0.6) is 0 Å². The van der Waals surface area contributed by atoms with Gasteiger partial charge in [-0.15, -0.1) is 0 Å². The van der Waals surface area contributed by atoms with Gasteiger partial charge in [0.05, 0.1) is 11.8 Å². The third kappa shape index (κ3) is 5.62. The molecule has 2 amide bonds. The highest BCUT2D eigenvalue weighted by Gasteiger charge is 2.25. The summed E-state index contributed by atoms with van der Waals surface area (Å²) < 4.78 is 0. The molecule has 1 fully saturated rings. The Bertz CT molecular complexity index is 1150. The summed E-state index contributed by atoms with van der Waals surface area (Å²) in [5, 5.41) is 9.71. The van der Waals surface area contributed by atoms with Crippen LogP contribution in [0.3, 0.4) is 0 Å². The maximum atomic E-state index is 13.2. The van der Waals surface area contributed by atoms with Gasteiger partial charge < -0.3 is 20.6 Å². The standard InChI is InChI=1S/C28H34N4O3/c1-3-12-31(13-4-2)28(35)23-15-22-10-9-21(16-25(22)30-26(29)17-23)19-5-7-20(8-6-19)27(34)32-14-11-24(33)18-32/h5-10,15-16,24,33H,3-4,11-14,17-18H2,1-2H3,(H2,29,30)/t24-/m1/s1. The van der Waals surface area contributed by atoms with Gasteiger partial charge in [-0.25, -0.2) is 4.99 Å². The number of nitrogens with zero attached hydrogens (tertiary/aromatic N) is 3. The summed E-state index contributed by atoms with van der Waals surface area (Å²) in [6.07, 6.45) is 4.25. The molecule has 184 valence electrons. The Morgan fingerprint density at radius 3 is 2.40 bits per heavy atom. The second kappa shape index (κ2) is 10.9. The number of β-amino-alcohol motifs (C(OH)–C–C–N with tert-alkyl or cyclic N) is 1. The summed E-state index contributed by atoms with van der Waals surface area (Å²) in [7, 11) is 0. The van der Waals surface area contributed by atoms with Crippen LogP contribution in [0.25, 0.3) is 17.2 Å². The molecule has 0 bridgehead atoms. The van der Waals surface area contributed by atoms with Crippen molar-refractivity contribution in [2.75, 3.05) is 26.2 Å². The first-order valence-electron chi connectivity index (χ1n) is 12.4. The molecule has 0 radical (unpaired) electrons. The molecule has 1 atom stereocenters. The van der Waals surface area contributed by atoms with Crippen LogP contribution in [0.1, 0.15) is 55.5 Å². The lowest BCUT2D eigenvalue weighted by atomic mass is 9.99. The third-order valence-corrected chi connectivity index (χ3v) is 6.46. The van der Waals surface area contributed by atoms with E-state index in [-0.39, 0.29) is 11.8 Å². The number of carbonyl (C=O) groups is 2. The number of carbonyl (C=O) groups excluding carboxylic acids is 2. The molecule has 0 spiro atoms. The highest BCUT2D eigenvalue weighted by Crippen LogP contribution is 2.32. The van der Waals surface area contributed by atoms with Crippen LogP contribution in [-0.2, 0) is 4.79 Å². The molecule has 7 nitrogen and oxygen atoms in total. The van der Waals surface area contributed by atoms with Gasteiger partial charge in [0.2, 0.25) is 5.91 Å². The lowest BCUT2D eigenvalue weighted by molar-refractivity contribution is -0.127. The lowest BCUT2D eigenvalue weighted by Gasteiger charge is -2.22. The maximum absolute atomic E-state index is 13.2. The number of rotatable bonds is 7. The van der Waals surface area contributed by atoms with E-state index in [1.807, 2.05) is 53.4 Å². The first kappa shape index (κ1) is 24.7. The molecule has 0 aliphatic carbocycles. The highest BCUT2D eigenvalue weighted by atomic mass is 16.3. The van der Waals surface area contributed by atoms with Crippen molar-refractivity contribution >= 4 is 29.4 Å². The second-order valence-electron chi connectivity index (χ2n) is 9.29. The predicted molar refractivity (Wildman–Crippen MR) is 139 cm³/mol. The molecule has 7 heteroatoms. The monoisotopic (exact) mass is 474 g/mol. The molecule has 1 saturated heterocycles. The number of nitrogens with two attached hydrogens (primary N) is 1. The lowest BCUT2D eigenvalue weighted by Crippen LogP contribution is -2.34. The van der Waals surface area contributed by atoms with Crippen molar-refractivity contribution in [1.82, 2.24) is 9.80 Å². The number of hydrogen-bond donors (Lipinski definition) is 2. The number of fused-ring (bicyclic) bond motifs is 1. The number of aliphatic imine (C=N–C) groups is 1. The summed E-state index contributed by atoms with van der Waals surface area (Å²) in [5.74, 6) is 0.381. The number of aliphatic hydroxyl groups excluding tert-OH is 1. The molecule has 2 aliphatic rings. The van der Waals surface area contributed by atoms with Crippen LogP contribution in [0.15, 0.2) is 53.0 Å². The van der Waals surface area contributed by atoms with E-state index in [1.54, 1.807) is 4.90 Å². The van der Waals surface area contributed by atoms with Gasteiger partial charge in [0.15, 0.2) is 0 Å². The van der Waals surface area contributed by atoms with Crippen LogP contribution >= 0.6 is 0 Å². The minimum absolute atomic E-state index is 0.0227. The van der Waals surface area contributed by atoms with Crippen LogP contribution < -0.4 is 5.73 Å². The first-order valence-corrected chi connectivity index (χ1v) is 12.4. The fourth-order valence-corrected chi connectivity index (χ4v) is 4.68. The molecule has 2 aromatic rings. The van der Waals surface area contributed by atoms with Gasteiger partial charge in [0.1, 0.15) is 5.84 Å². The quantitative estimate of drug-likeness (QED) is 0.634. The number of benzene rings is 2. The Morgan fingerprint density at radius 1 is 1.09 bits per heavy atom. The van der Waals surface area contributed by atoms with Crippen LogP contribution in [0.4, 0.5) is 5.69 Å². The summed E-state index contributed by atoms with van der Waals surface area (Å²) >= 11 is 0. The molecule has 4 rings (SSSR count). The Hall–Kier alpha value is -3.45. The average Bonchev–Trinajstić information content (AvgIpc) is 3.21. The SMILES string of the molecule is CCCN(CCC)C(=O)C1=Cc2ccc(-c3ccc(C(=O)N4CC[C@@H](O)C4)cc3)cc2N=C(N)C1. The van der Waals surface area contributed by atoms with Gasteiger partial charge in [-0.3, -0.25) is 9.59 Å². The zero-order chi connectivity index (χ0) is 24.9. The number of aliphatic hydroxyl groups is 1. The van der Waals surface area contributed by atoms with Crippen LogP contribution in [0.2, 0.25) is 0 Å². The number of amidine groups is 1. The average molecular weight is 475 g/mol. The van der Waals surface area contributed by atoms with E-state index in [4.69, 9.17) is 5.73 Å². The molecular formula is C28H34N4O3. The third-order valence-electron chi connectivity index (χ3n) is 6.46. The number of likely N-dealkylation sites (tertiary alicyclic amines) is 1. The Morgan fingerprint density at radius 2 is 1.77 bits per heavy atom. The number of hydrogen-bond acceptors (Lipinski definition) is 5. The van der Waals surface area contributed by atoms with Gasteiger partial charge >= 0.3 is 0 Å². The zero-order valence-electron chi connectivity index (χ0n) is 20.5. The molecule has 35 heavy (non-hydrogen) atoms. The van der Waals surface area contributed by atoms with Gasteiger partial charge in [-0.05, 0) is 54.7 Å². The molecular weight excluding hydrogens is 440 g/mol. The Kier molecular flexibility index (Phi) is 7.66. The zero-order valence-corrected chi connectivity index (χ0v) is 20.5. The van der Waals surface area contributed by atoms with E-state index in [0.29, 0.717) is 42.9 Å². The highest BCUT2D eigenvalue weighted by molar-refractivity contribution is 6.05. The Balaban J connectivity index is 1.57. The summed E-state index contributed by atoms with van der Waals surface area (Å²) in [5.41, 5.74) is 11.0. The van der Waals surface area contributed by atoms with E-state index in [9.17, 15) is 14.7 Å².